The summed E-state index contributed by atoms with van der Waals surface area (Å²) in [5.74, 6) is 0. The number of furan rings is 4. The molecule has 15 rings (SSSR count). The van der Waals surface area contributed by atoms with Crippen LogP contribution in [0.1, 0.15) is 63.8 Å². The lowest BCUT2D eigenvalue weighted by Gasteiger charge is -2.26. The Morgan fingerprint density at radius 1 is 0.269 bits per heavy atom. The molecule has 0 bridgehead atoms. The molecule has 0 spiro atoms. The molecule has 0 N–H and O–H groups in total. The summed E-state index contributed by atoms with van der Waals surface area (Å²) in [6, 6.07) is 70.2. The SMILES string of the molecule is Cc1ccc(N(c2ccc3c(ccc4c5cc6oc7c8ccc(N(c9ccc(C)cc9)c9ccc%10oc%11c(C(C)(C)C)cccc%11c%10c9)cc8ccc7c6cc5oc34)c2)c2ccc3oc4c(C(C)(C)C)cccc4c3c2)cc1. The van der Waals surface area contributed by atoms with Gasteiger partial charge in [0, 0.05) is 99.1 Å². The molecular weight excluding hydrogens is 957 g/mol. The summed E-state index contributed by atoms with van der Waals surface area (Å²) in [5.41, 5.74) is 18.1. The number of hydrogen-bond donors (Lipinski definition) is 0. The van der Waals surface area contributed by atoms with Crippen LogP contribution in [0, 0.1) is 13.8 Å². The number of para-hydroxylation sites is 2. The highest BCUT2D eigenvalue weighted by Gasteiger charge is 2.25. The zero-order chi connectivity index (χ0) is 52.9. The molecule has 0 aliphatic heterocycles. The first-order chi connectivity index (χ1) is 37.7. The molecule has 0 saturated heterocycles. The Bertz CT molecular complexity index is 4640. The van der Waals surface area contributed by atoms with Gasteiger partial charge in [-0.1, -0.05) is 125 Å². The fraction of sp³-hybridized carbons (Fsp3) is 0.139. The lowest BCUT2D eigenvalue weighted by molar-refractivity contribution is 0.572. The maximum absolute atomic E-state index is 6.90. The smallest absolute Gasteiger partial charge is 0.143 e. The topological polar surface area (TPSA) is 59.0 Å². The van der Waals surface area contributed by atoms with Gasteiger partial charge in [0.15, 0.2) is 0 Å². The average molecular weight is 1010 g/mol. The predicted molar refractivity (Wildman–Crippen MR) is 327 cm³/mol. The fourth-order valence-electron chi connectivity index (χ4n) is 12.2. The zero-order valence-corrected chi connectivity index (χ0v) is 45.0. The Balaban J connectivity index is 0.809. The van der Waals surface area contributed by atoms with Gasteiger partial charge in [-0.3, -0.25) is 0 Å². The Kier molecular flexibility index (Phi) is 9.82. The van der Waals surface area contributed by atoms with E-state index in [1.807, 2.05) is 0 Å². The van der Waals surface area contributed by atoms with Crippen molar-refractivity contribution in [3.05, 3.63) is 216 Å². The molecule has 11 aromatic carbocycles. The van der Waals surface area contributed by atoms with Gasteiger partial charge in [0.1, 0.15) is 44.7 Å². The molecule has 0 radical (unpaired) electrons. The van der Waals surface area contributed by atoms with E-state index in [-0.39, 0.29) is 10.8 Å². The third kappa shape index (κ3) is 7.16. The van der Waals surface area contributed by atoms with Crippen molar-refractivity contribution >= 4 is 143 Å². The summed E-state index contributed by atoms with van der Waals surface area (Å²) < 4.78 is 27.0. The van der Waals surface area contributed by atoms with E-state index in [9.17, 15) is 0 Å². The molecule has 0 aliphatic carbocycles. The number of fused-ring (bicyclic) bond motifs is 16. The van der Waals surface area contributed by atoms with Crippen molar-refractivity contribution in [2.45, 2.75) is 66.2 Å². The molecule has 0 saturated carbocycles. The molecule has 6 nitrogen and oxygen atoms in total. The molecule has 4 aromatic heterocycles. The predicted octanol–water partition coefficient (Wildman–Crippen LogP) is 21.7. The standard InChI is InChI=1S/C72H56N2O4/c1-41-15-21-45(22-16-41)73(49-27-33-63-57(37-49)53-11-9-13-61(69(53)75-63)71(3,4)5)47-25-31-51-43(35-47)19-29-55-59-39-66-60(40-65(59)77-67(51)55)56-30-20-44-36-48(26-32-52(44)68(56)78-66)74(46-23-17-42(2)18-24-46)50-28-34-64-58(38-50)54-12-10-14-62(70(54)76-64)72(6,7)8/h9-40H,1-8H3. The molecule has 78 heavy (non-hydrogen) atoms. The van der Waals surface area contributed by atoms with Crippen molar-refractivity contribution in [3.8, 4) is 0 Å². The lowest BCUT2D eigenvalue weighted by Crippen LogP contribution is -2.11. The Hall–Kier alpha value is -9.26. The summed E-state index contributed by atoms with van der Waals surface area (Å²) in [4.78, 5) is 4.67. The molecule has 0 amide bonds. The van der Waals surface area contributed by atoms with Crippen LogP contribution in [0.25, 0.3) is 109 Å². The van der Waals surface area contributed by atoms with E-state index in [1.54, 1.807) is 0 Å². The van der Waals surface area contributed by atoms with E-state index < -0.39 is 0 Å². The molecule has 4 heterocycles. The maximum Gasteiger partial charge on any atom is 0.143 e. The molecule has 0 unspecified atom stereocenters. The van der Waals surface area contributed by atoms with Gasteiger partial charge in [0.2, 0.25) is 0 Å². The Labute approximate surface area is 451 Å². The van der Waals surface area contributed by atoms with Crippen LogP contribution in [-0.4, -0.2) is 0 Å². The number of nitrogens with zero attached hydrogens (tertiary/aromatic N) is 2. The third-order valence-electron chi connectivity index (χ3n) is 16.2. The highest BCUT2D eigenvalue weighted by atomic mass is 16.3. The summed E-state index contributed by atoms with van der Waals surface area (Å²) >= 11 is 0. The number of anilines is 6. The molecule has 0 fully saturated rings. The van der Waals surface area contributed by atoms with Gasteiger partial charge < -0.3 is 27.5 Å². The second-order valence-electron chi connectivity index (χ2n) is 23.5. The van der Waals surface area contributed by atoms with E-state index >= 15 is 0 Å². The van der Waals surface area contributed by atoms with Gasteiger partial charge in [-0.15, -0.1) is 0 Å². The van der Waals surface area contributed by atoms with Crippen molar-refractivity contribution < 1.29 is 17.7 Å². The van der Waals surface area contributed by atoms with Gasteiger partial charge >= 0.3 is 0 Å². The van der Waals surface area contributed by atoms with Gasteiger partial charge in [0.05, 0.1) is 0 Å². The molecule has 6 heteroatoms. The van der Waals surface area contributed by atoms with Crippen LogP contribution in [0.5, 0.6) is 0 Å². The highest BCUT2D eigenvalue weighted by molar-refractivity contribution is 6.22. The zero-order valence-electron chi connectivity index (χ0n) is 45.0. The maximum atomic E-state index is 6.90. The van der Waals surface area contributed by atoms with Crippen LogP contribution in [-0.2, 0) is 10.8 Å². The first kappa shape index (κ1) is 46.1. The second-order valence-corrected chi connectivity index (χ2v) is 23.5. The van der Waals surface area contributed by atoms with Crippen LogP contribution in [0.3, 0.4) is 0 Å². The van der Waals surface area contributed by atoms with E-state index in [4.69, 9.17) is 17.7 Å². The Morgan fingerprint density at radius 3 is 1.01 bits per heavy atom. The molecular formula is C72H56N2O4. The van der Waals surface area contributed by atoms with E-state index in [2.05, 4.69) is 259 Å². The van der Waals surface area contributed by atoms with Crippen molar-refractivity contribution in [2.24, 2.45) is 0 Å². The summed E-state index contributed by atoms with van der Waals surface area (Å²) in [6.07, 6.45) is 0. The quantitative estimate of drug-likeness (QED) is 0.165. The van der Waals surface area contributed by atoms with Crippen LogP contribution >= 0.6 is 0 Å². The van der Waals surface area contributed by atoms with Crippen LogP contribution < -0.4 is 9.80 Å². The molecule has 0 atom stereocenters. The van der Waals surface area contributed by atoms with Crippen LogP contribution in [0.4, 0.5) is 34.1 Å². The molecule has 378 valence electrons. The third-order valence-corrected chi connectivity index (χ3v) is 16.2. The van der Waals surface area contributed by atoms with Crippen molar-refractivity contribution in [3.63, 3.8) is 0 Å². The number of rotatable bonds is 6. The van der Waals surface area contributed by atoms with Gasteiger partial charge in [0.25, 0.3) is 0 Å². The molecule has 0 aliphatic rings. The van der Waals surface area contributed by atoms with Crippen LogP contribution in [0.15, 0.2) is 212 Å². The molecule has 15 aromatic rings. The summed E-state index contributed by atoms with van der Waals surface area (Å²) in [7, 11) is 0. The van der Waals surface area contributed by atoms with E-state index in [0.717, 1.165) is 143 Å². The van der Waals surface area contributed by atoms with Crippen molar-refractivity contribution in [2.75, 3.05) is 9.80 Å². The van der Waals surface area contributed by atoms with Gasteiger partial charge in [-0.2, -0.15) is 0 Å². The highest BCUT2D eigenvalue weighted by Crippen LogP contribution is 2.47. The first-order valence-electron chi connectivity index (χ1n) is 27.0. The van der Waals surface area contributed by atoms with E-state index in [0.29, 0.717) is 0 Å². The normalized spacial score (nSPS) is 12.6. The average Bonchev–Trinajstić information content (AvgIpc) is 4.41. The number of aryl methyl sites for hydroxylation is 2. The number of hydrogen-bond acceptors (Lipinski definition) is 6. The minimum Gasteiger partial charge on any atom is -0.456 e. The summed E-state index contributed by atoms with van der Waals surface area (Å²) in [6.45, 7) is 17.7. The Morgan fingerprint density at radius 2 is 0.603 bits per heavy atom. The van der Waals surface area contributed by atoms with Gasteiger partial charge in [-0.05, 0) is 157 Å². The minimum absolute atomic E-state index is 0.0535. The number of benzene rings is 11. The fourth-order valence-corrected chi connectivity index (χ4v) is 12.2. The second kappa shape index (κ2) is 16.6. The van der Waals surface area contributed by atoms with E-state index in [1.165, 1.54) is 22.3 Å². The van der Waals surface area contributed by atoms with Crippen LogP contribution in [0.2, 0.25) is 0 Å². The van der Waals surface area contributed by atoms with Gasteiger partial charge in [-0.25, -0.2) is 0 Å². The summed E-state index contributed by atoms with van der Waals surface area (Å²) in [5, 5.41) is 12.9. The largest absolute Gasteiger partial charge is 0.456 e. The minimum atomic E-state index is -0.0535. The van der Waals surface area contributed by atoms with Crippen molar-refractivity contribution in [1.29, 1.82) is 0 Å². The lowest BCUT2D eigenvalue weighted by atomic mass is 9.86. The first-order valence-corrected chi connectivity index (χ1v) is 27.0. The monoisotopic (exact) mass is 1010 g/mol. The van der Waals surface area contributed by atoms with Crippen molar-refractivity contribution in [1.82, 2.24) is 0 Å².